The molecule has 2 atom stereocenters. The Morgan fingerprint density at radius 1 is 1.20 bits per heavy atom. The molecule has 0 radical (unpaired) electrons. The zero-order valence-corrected chi connectivity index (χ0v) is 9.82. The Balaban J connectivity index is 1.82. The molecule has 4 nitrogen and oxygen atoms in total. The Labute approximate surface area is 92.2 Å². The number of β-amino-alcohol motifs (C(OH)–C–C–N with tert-alkyl or cyclic N) is 1. The first kappa shape index (κ1) is 11.3. The van der Waals surface area contributed by atoms with Crippen LogP contribution >= 0.6 is 0 Å². The van der Waals surface area contributed by atoms with E-state index in [9.17, 15) is 5.11 Å². The standard InChI is InChI=1S/C11H23N3O/c1-13(2)9-3-5-14(6-4-9)10-7-12-8-11(10)15/h9-12,15H,3-8H2,1-2H3/t10-,11-/m1/s1. The second-order valence-corrected chi connectivity index (χ2v) is 5.02. The molecule has 0 unspecified atom stereocenters. The highest BCUT2D eigenvalue weighted by molar-refractivity contribution is 4.91. The van der Waals surface area contributed by atoms with Crippen LogP contribution in [-0.2, 0) is 0 Å². The van der Waals surface area contributed by atoms with Crippen LogP contribution in [0.2, 0.25) is 0 Å². The lowest BCUT2D eigenvalue weighted by atomic mass is 10.0. The highest BCUT2D eigenvalue weighted by Gasteiger charge is 2.33. The number of piperidine rings is 1. The summed E-state index contributed by atoms with van der Waals surface area (Å²) in [5.41, 5.74) is 0. The molecule has 2 heterocycles. The minimum atomic E-state index is -0.166. The van der Waals surface area contributed by atoms with Crippen molar-refractivity contribution in [2.45, 2.75) is 31.0 Å². The van der Waals surface area contributed by atoms with E-state index < -0.39 is 0 Å². The van der Waals surface area contributed by atoms with Crippen LogP contribution in [0.5, 0.6) is 0 Å². The van der Waals surface area contributed by atoms with Crippen molar-refractivity contribution in [1.82, 2.24) is 15.1 Å². The van der Waals surface area contributed by atoms with E-state index in [2.05, 4.69) is 29.2 Å². The van der Waals surface area contributed by atoms with Crippen LogP contribution in [0.3, 0.4) is 0 Å². The Morgan fingerprint density at radius 2 is 1.87 bits per heavy atom. The summed E-state index contributed by atoms with van der Waals surface area (Å²) in [5.74, 6) is 0. The molecular weight excluding hydrogens is 190 g/mol. The highest BCUT2D eigenvalue weighted by Crippen LogP contribution is 2.19. The summed E-state index contributed by atoms with van der Waals surface area (Å²) < 4.78 is 0. The van der Waals surface area contributed by atoms with E-state index in [-0.39, 0.29) is 6.10 Å². The van der Waals surface area contributed by atoms with Crippen molar-refractivity contribution in [2.75, 3.05) is 40.3 Å². The number of nitrogens with zero attached hydrogens (tertiary/aromatic N) is 2. The third-order valence-corrected chi connectivity index (χ3v) is 3.85. The van der Waals surface area contributed by atoms with E-state index in [1.54, 1.807) is 0 Å². The molecule has 0 aromatic carbocycles. The number of nitrogens with one attached hydrogen (secondary N) is 1. The van der Waals surface area contributed by atoms with Gasteiger partial charge in [-0.15, -0.1) is 0 Å². The van der Waals surface area contributed by atoms with Crippen LogP contribution in [0.25, 0.3) is 0 Å². The predicted molar refractivity (Wildman–Crippen MR) is 60.9 cm³/mol. The zero-order chi connectivity index (χ0) is 10.8. The van der Waals surface area contributed by atoms with E-state index in [4.69, 9.17) is 0 Å². The lowest BCUT2D eigenvalue weighted by Gasteiger charge is -2.38. The maximum atomic E-state index is 9.80. The quantitative estimate of drug-likeness (QED) is 0.639. The zero-order valence-electron chi connectivity index (χ0n) is 9.82. The third-order valence-electron chi connectivity index (χ3n) is 3.85. The summed E-state index contributed by atoms with van der Waals surface area (Å²) >= 11 is 0. The lowest BCUT2D eigenvalue weighted by molar-refractivity contribution is 0.0513. The molecule has 4 heteroatoms. The third kappa shape index (κ3) is 2.50. The lowest BCUT2D eigenvalue weighted by Crippen LogP contribution is -2.50. The van der Waals surface area contributed by atoms with Gasteiger partial charge in [0.15, 0.2) is 0 Å². The molecule has 15 heavy (non-hydrogen) atoms. The number of hydrogen-bond donors (Lipinski definition) is 2. The Bertz CT molecular complexity index is 202. The average Bonchev–Trinajstić information content (AvgIpc) is 2.65. The van der Waals surface area contributed by atoms with Gasteiger partial charge in [0.25, 0.3) is 0 Å². The first-order valence-corrected chi connectivity index (χ1v) is 5.97. The molecule has 0 saturated carbocycles. The van der Waals surface area contributed by atoms with E-state index >= 15 is 0 Å². The van der Waals surface area contributed by atoms with Crippen molar-refractivity contribution in [3.05, 3.63) is 0 Å². The largest absolute Gasteiger partial charge is 0.390 e. The Hall–Kier alpha value is -0.160. The van der Waals surface area contributed by atoms with Crippen LogP contribution in [0, 0.1) is 0 Å². The van der Waals surface area contributed by atoms with Gasteiger partial charge in [0.2, 0.25) is 0 Å². The topological polar surface area (TPSA) is 38.7 Å². The normalized spacial score (nSPS) is 35.2. The van der Waals surface area contributed by atoms with Gasteiger partial charge in [-0.25, -0.2) is 0 Å². The molecule has 2 saturated heterocycles. The van der Waals surface area contributed by atoms with Crippen molar-refractivity contribution in [2.24, 2.45) is 0 Å². The van der Waals surface area contributed by atoms with Gasteiger partial charge in [-0.05, 0) is 26.9 Å². The van der Waals surface area contributed by atoms with Crippen molar-refractivity contribution in [3.63, 3.8) is 0 Å². The fourth-order valence-electron chi connectivity index (χ4n) is 2.76. The molecule has 0 aromatic rings. The van der Waals surface area contributed by atoms with E-state index in [0.29, 0.717) is 6.04 Å². The molecule has 2 aliphatic rings. The van der Waals surface area contributed by atoms with Crippen LogP contribution < -0.4 is 5.32 Å². The van der Waals surface area contributed by atoms with Crippen molar-refractivity contribution in [3.8, 4) is 0 Å². The summed E-state index contributed by atoms with van der Waals surface area (Å²) in [6.45, 7) is 3.98. The minimum absolute atomic E-state index is 0.166. The van der Waals surface area contributed by atoms with E-state index in [1.807, 2.05) is 0 Å². The van der Waals surface area contributed by atoms with E-state index in [1.165, 1.54) is 12.8 Å². The number of aliphatic hydroxyl groups excluding tert-OH is 1. The molecule has 0 aliphatic carbocycles. The minimum Gasteiger partial charge on any atom is -0.390 e. The number of aliphatic hydroxyl groups is 1. The SMILES string of the molecule is CN(C)C1CCN([C@@H]2CNC[C@H]2O)CC1. The maximum Gasteiger partial charge on any atom is 0.0831 e. The maximum absolute atomic E-state index is 9.80. The second-order valence-electron chi connectivity index (χ2n) is 5.02. The molecule has 0 amide bonds. The summed E-state index contributed by atoms with van der Waals surface area (Å²) in [7, 11) is 4.32. The van der Waals surface area contributed by atoms with Crippen LogP contribution in [-0.4, -0.2) is 73.4 Å². The van der Waals surface area contributed by atoms with Gasteiger partial charge in [0.1, 0.15) is 0 Å². The molecule has 0 bridgehead atoms. The molecular formula is C11H23N3O. The first-order valence-electron chi connectivity index (χ1n) is 5.97. The molecule has 2 rings (SSSR count). The molecule has 0 spiro atoms. The van der Waals surface area contributed by atoms with Gasteiger partial charge in [-0.1, -0.05) is 0 Å². The molecule has 88 valence electrons. The van der Waals surface area contributed by atoms with Crippen LogP contribution in [0.15, 0.2) is 0 Å². The Kier molecular flexibility index (Phi) is 3.61. The van der Waals surface area contributed by atoms with Gasteiger partial charge in [-0.3, -0.25) is 4.90 Å². The van der Waals surface area contributed by atoms with Gasteiger partial charge >= 0.3 is 0 Å². The average molecular weight is 213 g/mol. The summed E-state index contributed by atoms with van der Waals surface area (Å²) in [4.78, 5) is 4.77. The summed E-state index contributed by atoms with van der Waals surface area (Å²) in [6.07, 6.45) is 2.30. The smallest absolute Gasteiger partial charge is 0.0831 e. The van der Waals surface area contributed by atoms with Crippen molar-refractivity contribution in [1.29, 1.82) is 0 Å². The number of rotatable bonds is 2. The van der Waals surface area contributed by atoms with Crippen molar-refractivity contribution < 1.29 is 5.11 Å². The van der Waals surface area contributed by atoms with Gasteiger partial charge in [0, 0.05) is 38.3 Å². The monoisotopic (exact) mass is 213 g/mol. The molecule has 2 aliphatic heterocycles. The fourth-order valence-corrected chi connectivity index (χ4v) is 2.76. The first-order chi connectivity index (χ1) is 7.18. The van der Waals surface area contributed by atoms with Gasteiger partial charge in [-0.2, -0.15) is 0 Å². The fraction of sp³-hybridized carbons (Fsp3) is 1.00. The highest BCUT2D eigenvalue weighted by atomic mass is 16.3. The predicted octanol–water partition coefficient (Wildman–Crippen LogP) is -0.655. The molecule has 2 fully saturated rings. The van der Waals surface area contributed by atoms with Gasteiger partial charge in [0.05, 0.1) is 6.10 Å². The van der Waals surface area contributed by atoms with Crippen LogP contribution in [0.1, 0.15) is 12.8 Å². The summed E-state index contributed by atoms with van der Waals surface area (Å²) in [6, 6.07) is 1.08. The number of hydrogen-bond acceptors (Lipinski definition) is 4. The van der Waals surface area contributed by atoms with Crippen molar-refractivity contribution >= 4 is 0 Å². The van der Waals surface area contributed by atoms with Gasteiger partial charge < -0.3 is 15.3 Å². The van der Waals surface area contributed by atoms with Crippen LogP contribution in [0.4, 0.5) is 0 Å². The number of likely N-dealkylation sites (tertiary alicyclic amines) is 1. The second kappa shape index (κ2) is 4.78. The molecule has 0 aromatic heterocycles. The van der Waals surface area contributed by atoms with E-state index in [0.717, 1.165) is 32.2 Å². The Morgan fingerprint density at radius 3 is 2.33 bits per heavy atom. The molecule has 2 N–H and O–H groups in total. The summed E-state index contributed by atoms with van der Waals surface area (Å²) in [5, 5.41) is 13.1.